The lowest BCUT2D eigenvalue weighted by Gasteiger charge is -2.21. The molecule has 3 aromatic rings. The third-order valence-corrected chi connectivity index (χ3v) is 6.27. The third kappa shape index (κ3) is 4.47. The quantitative estimate of drug-likeness (QED) is 0.365. The van der Waals surface area contributed by atoms with Gasteiger partial charge < -0.3 is 28.4 Å². The number of allylic oxidation sites excluding steroid dienone is 1. The molecule has 180 valence electrons. The number of aryl methyl sites for hydroxylation is 1. The van der Waals surface area contributed by atoms with Crippen LogP contribution >= 0.6 is 15.9 Å². The predicted molar refractivity (Wildman–Crippen MR) is 132 cm³/mol. The summed E-state index contributed by atoms with van der Waals surface area (Å²) in [6.07, 6.45) is 1.66. The molecule has 0 bridgehead atoms. The number of methoxy groups -OCH3 is 2. The zero-order chi connectivity index (χ0) is 24.5. The minimum atomic E-state index is -0.191. The summed E-state index contributed by atoms with van der Waals surface area (Å²) >= 11 is 3.53. The Hall–Kier alpha value is -3.49. The van der Waals surface area contributed by atoms with Crippen LogP contribution in [0.3, 0.4) is 0 Å². The number of halogens is 1. The topological polar surface area (TPSA) is 72.5 Å². The van der Waals surface area contributed by atoms with E-state index in [1.165, 1.54) is 0 Å². The van der Waals surface area contributed by atoms with Gasteiger partial charge in [0.2, 0.25) is 5.78 Å². The van der Waals surface area contributed by atoms with E-state index in [0.717, 1.165) is 26.9 Å². The fourth-order valence-electron chi connectivity index (χ4n) is 4.25. The van der Waals surface area contributed by atoms with Crippen LogP contribution in [0, 0.1) is 6.92 Å². The molecular formula is C27H23BrO7. The minimum absolute atomic E-state index is 0.191. The fourth-order valence-corrected chi connectivity index (χ4v) is 4.81. The molecule has 35 heavy (non-hydrogen) atoms. The highest BCUT2D eigenvalue weighted by Gasteiger charge is 2.30. The Morgan fingerprint density at radius 1 is 1.11 bits per heavy atom. The van der Waals surface area contributed by atoms with Gasteiger partial charge in [0.15, 0.2) is 24.1 Å². The number of rotatable bonds is 6. The van der Waals surface area contributed by atoms with Gasteiger partial charge in [-0.1, -0.05) is 28.1 Å². The van der Waals surface area contributed by atoms with Crippen LogP contribution in [-0.4, -0.2) is 26.8 Å². The summed E-state index contributed by atoms with van der Waals surface area (Å²) in [5.41, 5.74) is 3.83. The summed E-state index contributed by atoms with van der Waals surface area (Å²) in [7, 11) is 3.12. The number of carbonyl (C=O) groups is 1. The predicted octanol–water partition coefficient (Wildman–Crippen LogP) is 5.84. The van der Waals surface area contributed by atoms with Crippen LogP contribution in [0.2, 0.25) is 0 Å². The summed E-state index contributed by atoms with van der Waals surface area (Å²) in [5.74, 6) is 2.95. The number of hydrogen-bond acceptors (Lipinski definition) is 7. The molecule has 0 saturated carbocycles. The summed E-state index contributed by atoms with van der Waals surface area (Å²) < 4.78 is 34.9. The van der Waals surface area contributed by atoms with Crippen LogP contribution in [0.15, 0.2) is 52.7 Å². The molecule has 0 unspecified atom stereocenters. The Kier molecular flexibility index (Phi) is 6.40. The second-order valence-electron chi connectivity index (χ2n) is 8.09. The van der Waals surface area contributed by atoms with E-state index in [0.29, 0.717) is 40.7 Å². The Labute approximate surface area is 211 Å². The molecular weight excluding hydrogens is 516 g/mol. The van der Waals surface area contributed by atoms with Gasteiger partial charge in [0.1, 0.15) is 23.9 Å². The van der Waals surface area contributed by atoms with Crippen molar-refractivity contribution >= 4 is 27.8 Å². The molecule has 0 amide bonds. The van der Waals surface area contributed by atoms with Gasteiger partial charge in [-0.05, 0) is 42.8 Å². The van der Waals surface area contributed by atoms with Gasteiger partial charge in [-0.25, -0.2) is 0 Å². The van der Waals surface area contributed by atoms with Crippen molar-refractivity contribution in [1.82, 2.24) is 0 Å². The lowest BCUT2D eigenvalue weighted by molar-refractivity contribution is -0.0176. The average Bonchev–Trinajstić information content (AvgIpc) is 3.17. The van der Waals surface area contributed by atoms with Gasteiger partial charge in [-0.2, -0.15) is 0 Å². The van der Waals surface area contributed by atoms with Crippen LogP contribution in [-0.2, 0) is 18.0 Å². The van der Waals surface area contributed by atoms with Crippen LogP contribution < -0.4 is 23.7 Å². The lowest BCUT2D eigenvalue weighted by Crippen LogP contribution is -2.14. The largest absolute Gasteiger partial charge is 0.493 e. The summed E-state index contributed by atoms with van der Waals surface area (Å²) in [4.78, 5) is 13.1. The number of fused-ring (bicyclic) bond motifs is 2. The van der Waals surface area contributed by atoms with Crippen LogP contribution in [0.5, 0.6) is 28.7 Å². The summed E-state index contributed by atoms with van der Waals surface area (Å²) in [6.45, 7) is 2.85. The number of benzene rings is 3. The van der Waals surface area contributed by atoms with Crippen molar-refractivity contribution in [3.8, 4) is 28.7 Å². The summed E-state index contributed by atoms with van der Waals surface area (Å²) in [5, 5.41) is 0. The van der Waals surface area contributed by atoms with Gasteiger partial charge in [-0.15, -0.1) is 0 Å². The molecule has 0 aliphatic carbocycles. The monoisotopic (exact) mass is 538 g/mol. The standard InChI is InChI=1S/C27H23BrO7/c1-15-7-20(33-13-18-9-19(28)8-17-12-32-14-34-26(17)18)11-22-24(15)25(29)23(35-22)10-16-5-4-6-21(30-2)27(16)31-3/h4-11H,12-14H2,1-3H3/b23-10-. The Balaban J connectivity index is 1.41. The molecule has 0 N–H and O–H groups in total. The summed E-state index contributed by atoms with van der Waals surface area (Å²) in [6, 6.07) is 13.0. The van der Waals surface area contributed by atoms with Crippen LogP contribution in [0.4, 0.5) is 0 Å². The van der Waals surface area contributed by atoms with E-state index in [1.54, 1.807) is 32.4 Å². The van der Waals surface area contributed by atoms with E-state index < -0.39 is 0 Å². The molecule has 0 saturated heterocycles. The maximum atomic E-state index is 13.1. The highest BCUT2D eigenvalue weighted by molar-refractivity contribution is 9.10. The molecule has 2 aliphatic rings. The van der Waals surface area contributed by atoms with Crippen molar-refractivity contribution in [1.29, 1.82) is 0 Å². The number of Topliss-reactive ketones (excluding diaryl/α,β-unsaturated/α-hetero) is 1. The van der Waals surface area contributed by atoms with E-state index in [9.17, 15) is 4.79 Å². The second kappa shape index (κ2) is 9.64. The maximum absolute atomic E-state index is 13.1. The third-order valence-electron chi connectivity index (χ3n) is 5.81. The van der Waals surface area contributed by atoms with Crippen molar-refractivity contribution in [2.45, 2.75) is 20.1 Å². The van der Waals surface area contributed by atoms with Gasteiger partial charge in [0.25, 0.3) is 0 Å². The van der Waals surface area contributed by atoms with Crippen LogP contribution in [0.1, 0.15) is 32.6 Å². The molecule has 5 rings (SSSR count). The second-order valence-corrected chi connectivity index (χ2v) is 9.00. The number of ether oxygens (including phenoxy) is 6. The first-order valence-electron chi connectivity index (χ1n) is 10.9. The smallest absolute Gasteiger partial charge is 0.232 e. The normalized spacial score (nSPS) is 15.2. The zero-order valence-electron chi connectivity index (χ0n) is 19.5. The molecule has 0 radical (unpaired) electrons. The van der Waals surface area contributed by atoms with Crippen molar-refractivity contribution in [2.24, 2.45) is 0 Å². The number of para-hydroxylation sites is 1. The average molecular weight is 539 g/mol. The Morgan fingerprint density at radius 3 is 2.77 bits per heavy atom. The zero-order valence-corrected chi connectivity index (χ0v) is 21.1. The molecule has 8 heteroatoms. The van der Waals surface area contributed by atoms with Crippen molar-refractivity contribution in [2.75, 3.05) is 21.0 Å². The molecule has 0 spiro atoms. The number of carbonyl (C=O) groups excluding carboxylic acids is 1. The van der Waals surface area contributed by atoms with E-state index in [1.807, 2.05) is 37.3 Å². The highest BCUT2D eigenvalue weighted by Crippen LogP contribution is 2.40. The molecule has 2 heterocycles. The molecule has 7 nitrogen and oxygen atoms in total. The molecule has 2 aliphatic heterocycles. The van der Waals surface area contributed by atoms with Crippen molar-refractivity contribution in [3.63, 3.8) is 0 Å². The Morgan fingerprint density at radius 2 is 1.97 bits per heavy atom. The van der Waals surface area contributed by atoms with E-state index in [4.69, 9.17) is 28.4 Å². The van der Waals surface area contributed by atoms with Gasteiger partial charge in [0, 0.05) is 27.2 Å². The van der Waals surface area contributed by atoms with E-state index in [2.05, 4.69) is 15.9 Å². The van der Waals surface area contributed by atoms with Crippen LogP contribution in [0.25, 0.3) is 6.08 Å². The van der Waals surface area contributed by atoms with Gasteiger partial charge >= 0.3 is 0 Å². The first-order valence-corrected chi connectivity index (χ1v) is 11.7. The SMILES string of the molecule is COc1cccc(/C=C2\Oc3cc(OCc4cc(Br)cc5c4OCOC5)cc(C)c3C2=O)c1OC. The minimum Gasteiger partial charge on any atom is -0.493 e. The van der Waals surface area contributed by atoms with Gasteiger partial charge in [0.05, 0.1) is 26.4 Å². The van der Waals surface area contributed by atoms with Crippen molar-refractivity contribution in [3.05, 3.63) is 80.5 Å². The first kappa shape index (κ1) is 23.3. The fraction of sp³-hybridized carbons (Fsp3) is 0.222. The Bertz CT molecular complexity index is 1350. The highest BCUT2D eigenvalue weighted by atomic mass is 79.9. The van der Waals surface area contributed by atoms with Crippen molar-refractivity contribution < 1.29 is 33.2 Å². The maximum Gasteiger partial charge on any atom is 0.232 e. The van der Waals surface area contributed by atoms with E-state index >= 15 is 0 Å². The first-order chi connectivity index (χ1) is 17.0. The van der Waals surface area contributed by atoms with Gasteiger partial charge in [-0.3, -0.25) is 4.79 Å². The molecule has 0 aromatic heterocycles. The molecule has 0 fully saturated rings. The number of ketones is 1. The lowest BCUT2D eigenvalue weighted by atomic mass is 10.0. The molecule has 3 aromatic carbocycles. The number of hydrogen-bond donors (Lipinski definition) is 0. The van der Waals surface area contributed by atoms with E-state index in [-0.39, 0.29) is 24.9 Å². The molecule has 0 atom stereocenters.